The fourth-order valence-electron chi connectivity index (χ4n) is 1.73. The third-order valence-electron chi connectivity index (χ3n) is 2.84. The predicted octanol–water partition coefficient (Wildman–Crippen LogP) is 1.69. The molecule has 2 heterocycles. The van der Waals surface area contributed by atoms with Crippen LogP contribution in [0.25, 0.3) is 5.52 Å². The molecule has 0 atom stereocenters. The molecule has 0 bridgehead atoms. The molecule has 2 rings (SSSR count). The molecule has 0 N–H and O–H groups in total. The van der Waals surface area contributed by atoms with Gasteiger partial charge in [-0.05, 0) is 19.1 Å². The third-order valence-corrected chi connectivity index (χ3v) is 2.84. The van der Waals surface area contributed by atoms with E-state index < -0.39 is 0 Å². The number of aromatic nitrogens is 2. The zero-order chi connectivity index (χ0) is 9.59. The molecule has 0 aromatic carbocycles. The lowest BCUT2D eigenvalue weighted by Gasteiger charge is -2.02. The Hall–Kier alpha value is -1.31. The van der Waals surface area contributed by atoms with Crippen molar-refractivity contribution in [3.8, 4) is 0 Å². The van der Waals surface area contributed by atoms with Crippen molar-refractivity contribution in [2.24, 2.45) is 7.05 Å². The van der Waals surface area contributed by atoms with Crippen LogP contribution in [-0.2, 0) is 7.05 Å². The Morgan fingerprint density at radius 3 is 2.54 bits per heavy atom. The second-order valence-corrected chi connectivity index (χ2v) is 3.64. The van der Waals surface area contributed by atoms with E-state index in [9.17, 15) is 0 Å². The molecule has 2 aromatic heterocycles. The van der Waals surface area contributed by atoms with Crippen molar-refractivity contribution in [1.82, 2.24) is 4.40 Å². The molecule has 0 spiro atoms. The van der Waals surface area contributed by atoms with Gasteiger partial charge < -0.3 is 4.40 Å². The number of fused-ring (bicyclic) bond motifs is 1. The highest BCUT2D eigenvalue weighted by Crippen LogP contribution is 2.11. The van der Waals surface area contributed by atoms with Crippen LogP contribution in [-0.4, -0.2) is 4.40 Å². The Morgan fingerprint density at radius 2 is 1.85 bits per heavy atom. The fourth-order valence-corrected chi connectivity index (χ4v) is 1.73. The van der Waals surface area contributed by atoms with Crippen molar-refractivity contribution >= 4 is 5.52 Å². The second-order valence-electron chi connectivity index (χ2n) is 3.64. The van der Waals surface area contributed by atoms with Crippen molar-refractivity contribution < 1.29 is 4.57 Å². The van der Waals surface area contributed by atoms with Gasteiger partial charge in [0.25, 0.3) is 0 Å². The van der Waals surface area contributed by atoms with E-state index in [1.165, 1.54) is 22.6 Å². The van der Waals surface area contributed by atoms with E-state index in [4.69, 9.17) is 0 Å². The van der Waals surface area contributed by atoms with Crippen molar-refractivity contribution in [3.05, 3.63) is 35.4 Å². The van der Waals surface area contributed by atoms with E-state index in [1.54, 1.807) is 0 Å². The van der Waals surface area contributed by atoms with E-state index in [1.807, 2.05) is 0 Å². The molecule has 2 heteroatoms. The van der Waals surface area contributed by atoms with Crippen molar-refractivity contribution in [1.29, 1.82) is 0 Å². The maximum atomic E-state index is 2.24. The topological polar surface area (TPSA) is 8.29 Å². The molecule has 0 amide bonds. The van der Waals surface area contributed by atoms with Crippen LogP contribution >= 0.6 is 0 Å². The van der Waals surface area contributed by atoms with Gasteiger partial charge in [-0.25, -0.2) is 0 Å². The Bertz CT molecular complexity index is 466. The summed E-state index contributed by atoms with van der Waals surface area (Å²) >= 11 is 0. The largest absolute Gasteiger partial charge is 0.310 e. The van der Waals surface area contributed by atoms with Gasteiger partial charge in [-0.3, -0.25) is 0 Å². The lowest BCUT2D eigenvalue weighted by atomic mass is 10.3. The monoisotopic (exact) mass is 175 g/mol. The van der Waals surface area contributed by atoms with Crippen molar-refractivity contribution in [3.63, 3.8) is 0 Å². The van der Waals surface area contributed by atoms with Crippen LogP contribution in [0, 0.1) is 20.8 Å². The first-order valence-corrected chi connectivity index (χ1v) is 4.55. The number of hydrogen-bond donors (Lipinski definition) is 0. The molecule has 2 nitrogen and oxygen atoms in total. The highest BCUT2D eigenvalue weighted by Gasteiger charge is 2.11. The lowest BCUT2D eigenvalue weighted by Crippen LogP contribution is -2.36. The molecule has 0 radical (unpaired) electrons. The quantitative estimate of drug-likeness (QED) is 0.538. The molecular weight excluding hydrogens is 160 g/mol. The average Bonchev–Trinajstić information content (AvgIpc) is 2.45. The van der Waals surface area contributed by atoms with Crippen molar-refractivity contribution in [2.45, 2.75) is 20.8 Å². The summed E-state index contributed by atoms with van der Waals surface area (Å²) in [4.78, 5) is 0. The first-order valence-electron chi connectivity index (χ1n) is 4.55. The van der Waals surface area contributed by atoms with E-state index >= 15 is 0 Å². The minimum absolute atomic E-state index is 1.28. The molecule has 0 saturated carbocycles. The normalized spacial score (nSPS) is 11.1. The van der Waals surface area contributed by atoms with Gasteiger partial charge in [-0.1, -0.05) is 0 Å². The Balaban J connectivity index is 2.96. The lowest BCUT2D eigenvalue weighted by molar-refractivity contribution is -0.683. The smallest absolute Gasteiger partial charge is 0.202 e. The van der Waals surface area contributed by atoms with Crippen LogP contribution < -0.4 is 4.57 Å². The van der Waals surface area contributed by atoms with Gasteiger partial charge in [0.1, 0.15) is 12.6 Å². The standard InChI is InChI=1S/C11H15N2/c1-8-5-6-11-10(3)12(4)9(2)7-13(8)11/h5-7H,1-4H3/q+1. The predicted molar refractivity (Wildman–Crippen MR) is 52.8 cm³/mol. The summed E-state index contributed by atoms with van der Waals surface area (Å²) in [6.45, 7) is 6.42. The minimum Gasteiger partial charge on any atom is -0.310 e. The van der Waals surface area contributed by atoms with Gasteiger partial charge in [0.15, 0.2) is 5.69 Å². The molecule has 0 aliphatic heterocycles. The number of rotatable bonds is 0. The van der Waals surface area contributed by atoms with E-state index in [0.717, 1.165) is 0 Å². The molecule has 0 aliphatic rings. The SMILES string of the molecule is Cc1ccc2c(C)[n+](C)c(C)cn12. The summed E-state index contributed by atoms with van der Waals surface area (Å²) in [6.07, 6.45) is 2.18. The van der Waals surface area contributed by atoms with Gasteiger partial charge in [0, 0.05) is 19.5 Å². The molecule has 0 aliphatic carbocycles. The summed E-state index contributed by atoms with van der Waals surface area (Å²) in [7, 11) is 2.10. The highest BCUT2D eigenvalue weighted by atomic mass is 15.0. The summed E-state index contributed by atoms with van der Waals surface area (Å²) in [5.74, 6) is 0. The molecular formula is C11H15N2+. The number of aryl methyl sites for hydroxylation is 3. The summed E-state index contributed by atoms with van der Waals surface area (Å²) in [6, 6.07) is 4.33. The van der Waals surface area contributed by atoms with Crippen LogP contribution in [0.15, 0.2) is 18.3 Å². The highest BCUT2D eigenvalue weighted by molar-refractivity contribution is 5.51. The maximum absolute atomic E-state index is 2.24. The Morgan fingerprint density at radius 1 is 1.15 bits per heavy atom. The van der Waals surface area contributed by atoms with Crippen LogP contribution in [0.5, 0.6) is 0 Å². The molecule has 13 heavy (non-hydrogen) atoms. The first-order chi connectivity index (χ1) is 6.11. The van der Waals surface area contributed by atoms with Crippen LogP contribution in [0.2, 0.25) is 0 Å². The van der Waals surface area contributed by atoms with Gasteiger partial charge in [0.2, 0.25) is 5.69 Å². The zero-order valence-electron chi connectivity index (χ0n) is 8.63. The van der Waals surface area contributed by atoms with Crippen LogP contribution in [0.3, 0.4) is 0 Å². The molecule has 0 saturated heterocycles. The third kappa shape index (κ3) is 1.05. The Kier molecular flexibility index (Phi) is 1.65. The zero-order valence-corrected chi connectivity index (χ0v) is 8.63. The fraction of sp³-hybridized carbons (Fsp3) is 0.364. The molecule has 2 aromatic rings. The van der Waals surface area contributed by atoms with Crippen molar-refractivity contribution in [2.75, 3.05) is 0 Å². The summed E-state index contributed by atoms with van der Waals surface area (Å²) < 4.78 is 4.46. The van der Waals surface area contributed by atoms with Gasteiger partial charge in [-0.2, -0.15) is 4.57 Å². The van der Waals surface area contributed by atoms with E-state index in [-0.39, 0.29) is 0 Å². The summed E-state index contributed by atoms with van der Waals surface area (Å²) in [5.41, 5.74) is 5.18. The minimum atomic E-state index is 1.28. The second kappa shape index (κ2) is 2.59. The molecule has 0 fully saturated rings. The van der Waals surface area contributed by atoms with Gasteiger partial charge in [-0.15, -0.1) is 0 Å². The first kappa shape index (κ1) is 8.30. The number of nitrogens with zero attached hydrogens (tertiary/aromatic N) is 2. The number of hydrogen-bond acceptors (Lipinski definition) is 0. The van der Waals surface area contributed by atoms with Gasteiger partial charge in [0.05, 0.1) is 6.20 Å². The van der Waals surface area contributed by atoms with E-state index in [0.29, 0.717) is 0 Å². The molecule has 68 valence electrons. The van der Waals surface area contributed by atoms with Crippen LogP contribution in [0.4, 0.5) is 0 Å². The summed E-state index contributed by atoms with van der Waals surface area (Å²) in [5, 5.41) is 0. The molecule has 0 unspecified atom stereocenters. The van der Waals surface area contributed by atoms with Crippen LogP contribution in [0.1, 0.15) is 17.1 Å². The average molecular weight is 175 g/mol. The van der Waals surface area contributed by atoms with E-state index in [2.05, 4.69) is 55.1 Å². The Labute approximate surface area is 78.4 Å². The van der Waals surface area contributed by atoms with Gasteiger partial charge >= 0.3 is 0 Å². The maximum Gasteiger partial charge on any atom is 0.202 e.